The van der Waals surface area contributed by atoms with E-state index in [4.69, 9.17) is 5.73 Å². The maximum Gasteiger partial charge on any atom is 0.335 e. The predicted octanol–water partition coefficient (Wildman–Crippen LogP) is 3.42. The molecule has 0 saturated heterocycles. The maximum atomic E-state index is 13.8. The number of hydrogen-bond acceptors (Lipinski definition) is 5. The molecule has 0 spiro atoms. The average molecular weight is 428 g/mol. The van der Waals surface area contributed by atoms with Crippen molar-refractivity contribution in [3.8, 4) is 0 Å². The van der Waals surface area contributed by atoms with E-state index >= 15 is 0 Å². The van der Waals surface area contributed by atoms with E-state index in [1.54, 1.807) is 42.7 Å². The van der Waals surface area contributed by atoms with E-state index < -0.39 is 22.0 Å². The Labute approximate surface area is 176 Å². The molecule has 0 amide bonds. The normalized spacial score (nSPS) is 12.9. The molecule has 1 unspecified atom stereocenters. The molecule has 0 aliphatic rings. The molecule has 3 rings (SSSR count). The van der Waals surface area contributed by atoms with Gasteiger partial charge in [-0.05, 0) is 49.2 Å². The smallest absolute Gasteiger partial charge is 0.335 e. The molecular weight excluding hydrogens is 402 g/mol. The van der Waals surface area contributed by atoms with Crippen molar-refractivity contribution in [2.45, 2.75) is 30.7 Å². The van der Waals surface area contributed by atoms with E-state index in [1.807, 2.05) is 13.0 Å². The fourth-order valence-corrected chi connectivity index (χ4v) is 5.56. The first-order valence-electron chi connectivity index (χ1n) is 9.78. The van der Waals surface area contributed by atoms with Crippen LogP contribution in [0.25, 0.3) is 10.8 Å². The summed E-state index contributed by atoms with van der Waals surface area (Å²) >= 11 is 0. The van der Waals surface area contributed by atoms with Gasteiger partial charge < -0.3 is 10.8 Å². The first-order chi connectivity index (χ1) is 14.4. The van der Waals surface area contributed by atoms with Crippen LogP contribution in [0, 0.1) is 0 Å². The van der Waals surface area contributed by atoms with Crippen molar-refractivity contribution in [3.63, 3.8) is 0 Å². The summed E-state index contributed by atoms with van der Waals surface area (Å²) in [5.74, 6) is -1.05. The molecule has 3 N–H and O–H groups in total. The zero-order valence-corrected chi connectivity index (χ0v) is 17.5. The first-order valence-corrected chi connectivity index (χ1v) is 11.2. The van der Waals surface area contributed by atoms with Crippen LogP contribution in [0.2, 0.25) is 0 Å². The number of aromatic nitrogens is 1. The molecule has 0 aliphatic carbocycles. The van der Waals surface area contributed by atoms with Crippen LogP contribution in [0.15, 0.2) is 65.8 Å². The number of aromatic carboxylic acids is 1. The van der Waals surface area contributed by atoms with Crippen molar-refractivity contribution in [1.29, 1.82) is 0 Å². The molecular formula is C22H25N3O4S. The molecule has 30 heavy (non-hydrogen) atoms. The number of nitrogens with zero attached hydrogens (tertiary/aromatic N) is 2. The highest BCUT2D eigenvalue weighted by Gasteiger charge is 2.32. The average Bonchev–Trinajstić information content (AvgIpc) is 2.76. The van der Waals surface area contributed by atoms with Gasteiger partial charge in [-0.25, -0.2) is 13.2 Å². The third-order valence-corrected chi connectivity index (χ3v) is 7.03. The second kappa shape index (κ2) is 9.34. The van der Waals surface area contributed by atoms with Crippen LogP contribution in [0.3, 0.4) is 0 Å². The number of pyridine rings is 1. The molecule has 2 aromatic carbocycles. The Hall–Kier alpha value is -2.81. The van der Waals surface area contributed by atoms with Gasteiger partial charge in [-0.3, -0.25) is 4.98 Å². The van der Waals surface area contributed by atoms with E-state index in [-0.39, 0.29) is 17.0 Å². The highest BCUT2D eigenvalue weighted by atomic mass is 32.2. The summed E-state index contributed by atoms with van der Waals surface area (Å²) in [4.78, 5) is 15.7. The molecule has 7 nitrogen and oxygen atoms in total. The Morgan fingerprint density at radius 3 is 2.67 bits per heavy atom. The minimum atomic E-state index is -3.89. The summed E-state index contributed by atoms with van der Waals surface area (Å²) in [6.45, 7) is 2.46. The van der Waals surface area contributed by atoms with Crippen molar-refractivity contribution in [3.05, 3.63) is 72.1 Å². The van der Waals surface area contributed by atoms with Gasteiger partial charge in [0.2, 0.25) is 10.0 Å². The quantitative estimate of drug-likeness (QED) is 0.541. The van der Waals surface area contributed by atoms with Crippen LogP contribution in [0.1, 0.15) is 41.7 Å². The van der Waals surface area contributed by atoms with Gasteiger partial charge in [-0.15, -0.1) is 0 Å². The number of benzene rings is 2. The maximum absolute atomic E-state index is 13.8. The van der Waals surface area contributed by atoms with Crippen molar-refractivity contribution >= 4 is 26.8 Å². The van der Waals surface area contributed by atoms with E-state index in [0.717, 1.165) is 5.39 Å². The molecule has 0 bridgehead atoms. The number of carboxylic acids is 1. The lowest BCUT2D eigenvalue weighted by Crippen LogP contribution is -2.36. The highest BCUT2D eigenvalue weighted by molar-refractivity contribution is 7.89. The number of fused-ring (bicyclic) bond motifs is 1. The van der Waals surface area contributed by atoms with Gasteiger partial charge >= 0.3 is 5.97 Å². The van der Waals surface area contributed by atoms with E-state index in [2.05, 4.69) is 4.98 Å². The lowest BCUT2D eigenvalue weighted by atomic mass is 10.0. The van der Waals surface area contributed by atoms with Crippen molar-refractivity contribution in [1.82, 2.24) is 9.29 Å². The molecule has 0 aliphatic heterocycles. The van der Waals surface area contributed by atoms with Crippen molar-refractivity contribution < 1.29 is 18.3 Å². The number of hydrogen-bond donors (Lipinski definition) is 2. The van der Waals surface area contributed by atoms with Gasteiger partial charge in [0.25, 0.3) is 0 Å². The lowest BCUT2D eigenvalue weighted by molar-refractivity contribution is 0.0696. The molecule has 1 atom stereocenters. The summed E-state index contributed by atoms with van der Waals surface area (Å²) in [5, 5.41) is 10.7. The Kier molecular flexibility index (Phi) is 6.81. The van der Waals surface area contributed by atoms with Crippen LogP contribution in [-0.4, -0.2) is 41.9 Å². The lowest BCUT2D eigenvalue weighted by Gasteiger charge is -2.31. The number of carbonyl (C=O) groups is 1. The first kappa shape index (κ1) is 21.9. The zero-order chi connectivity index (χ0) is 21.7. The second-order valence-electron chi connectivity index (χ2n) is 6.97. The minimum Gasteiger partial charge on any atom is -0.478 e. The summed E-state index contributed by atoms with van der Waals surface area (Å²) in [6, 6.07) is 12.7. The summed E-state index contributed by atoms with van der Waals surface area (Å²) in [7, 11) is -3.89. The largest absolute Gasteiger partial charge is 0.478 e. The number of sulfonamides is 1. The van der Waals surface area contributed by atoms with Gasteiger partial charge in [0, 0.05) is 35.8 Å². The summed E-state index contributed by atoms with van der Waals surface area (Å²) in [5.41, 5.74) is 6.45. The molecule has 0 saturated carbocycles. The van der Waals surface area contributed by atoms with E-state index in [9.17, 15) is 18.3 Å². The van der Waals surface area contributed by atoms with Crippen LogP contribution in [0.5, 0.6) is 0 Å². The molecule has 158 valence electrons. The van der Waals surface area contributed by atoms with Crippen LogP contribution < -0.4 is 5.73 Å². The van der Waals surface area contributed by atoms with Gasteiger partial charge in [0.15, 0.2) is 0 Å². The van der Waals surface area contributed by atoms with E-state index in [0.29, 0.717) is 30.3 Å². The van der Waals surface area contributed by atoms with E-state index in [1.165, 1.54) is 16.4 Å². The van der Waals surface area contributed by atoms with Crippen LogP contribution in [0.4, 0.5) is 0 Å². The standard InChI is InChI=1S/C22H25N3O4S/c1-2-20(16-6-3-7-17(14-16)22(26)27)25(13-5-11-23)30(28,29)21-9-4-8-18-15-24-12-10-19(18)21/h3-4,6-10,12,14-15,20H,2,5,11,13,23H2,1H3,(H,26,27). The molecule has 0 fully saturated rings. The summed E-state index contributed by atoms with van der Waals surface area (Å²) < 4.78 is 29.0. The van der Waals surface area contributed by atoms with Crippen molar-refractivity contribution in [2.75, 3.05) is 13.1 Å². The van der Waals surface area contributed by atoms with Gasteiger partial charge in [-0.1, -0.05) is 31.2 Å². The third-order valence-electron chi connectivity index (χ3n) is 5.06. The topological polar surface area (TPSA) is 114 Å². The third kappa shape index (κ3) is 4.35. The second-order valence-corrected chi connectivity index (χ2v) is 8.82. The molecule has 0 radical (unpaired) electrons. The predicted molar refractivity (Wildman–Crippen MR) is 116 cm³/mol. The minimum absolute atomic E-state index is 0.123. The van der Waals surface area contributed by atoms with Gasteiger partial charge in [-0.2, -0.15) is 4.31 Å². The number of carboxylic acid groups (broad SMARTS) is 1. The molecule has 1 aromatic heterocycles. The SMILES string of the molecule is CCC(c1cccc(C(=O)O)c1)N(CCCN)S(=O)(=O)c1cccc2cnccc12. The molecule has 1 heterocycles. The number of rotatable bonds is 9. The number of nitrogens with two attached hydrogens (primary N) is 1. The molecule has 8 heteroatoms. The Balaban J connectivity index is 2.14. The fourth-order valence-electron chi connectivity index (χ4n) is 3.62. The monoisotopic (exact) mass is 427 g/mol. The molecule has 3 aromatic rings. The Morgan fingerprint density at radius 2 is 1.97 bits per heavy atom. The van der Waals surface area contributed by atoms with Gasteiger partial charge in [0.1, 0.15) is 0 Å². The highest BCUT2D eigenvalue weighted by Crippen LogP contribution is 2.33. The van der Waals surface area contributed by atoms with Gasteiger partial charge in [0.05, 0.1) is 10.5 Å². The van der Waals surface area contributed by atoms with Crippen LogP contribution >= 0.6 is 0 Å². The summed E-state index contributed by atoms with van der Waals surface area (Å²) in [6.07, 6.45) is 4.17. The zero-order valence-electron chi connectivity index (χ0n) is 16.7. The Bertz CT molecular complexity index is 1140. The van der Waals surface area contributed by atoms with Crippen LogP contribution in [-0.2, 0) is 10.0 Å². The Morgan fingerprint density at radius 1 is 1.20 bits per heavy atom. The fraction of sp³-hybridized carbons (Fsp3) is 0.273. The van der Waals surface area contributed by atoms with Crippen molar-refractivity contribution in [2.24, 2.45) is 5.73 Å².